The van der Waals surface area contributed by atoms with Gasteiger partial charge in [0.2, 0.25) is 0 Å². The van der Waals surface area contributed by atoms with Gasteiger partial charge in [-0.05, 0) is 25.2 Å². The summed E-state index contributed by atoms with van der Waals surface area (Å²) in [4.78, 5) is 21.5. The molecule has 0 aliphatic heterocycles. The van der Waals surface area contributed by atoms with Gasteiger partial charge in [0.05, 0.1) is 5.92 Å². The first-order valence-electron chi connectivity index (χ1n) is 4.84. The monoisotopic (exact) mass is 184 g/mol. The van der Waals surface area contributed by atoms with Crippen LogP contribution in [0.15, 0.2) is 0 Å². The molecule has 13 heavy (non-hydrogen) atoms. The normalized spacial score (nSPS) is 21.5. The Morgan fingerprint density at radius 1 is 1.54 bits per heavy atom. The van der Waals surface area contributed by atoms with Crippen molar-refractivity contribution in [2.24, 2.45) is 11.8 Å². The molecule has 1 fully saturated rings. The van der Waals surface area contributed by atoms with Crippen molar-refractivity contribution in [1.82, 2.24) is 0 Å². The van der Waals surface area contributed by atoms with Crippen molar-refractivity contribution in [3.63, 3.8) is 0 Å². The molecular weight excluding hydrogens is 168 g/mol. The predicted molar refractivity (Wildman–Crippen MR) is 48.4 cm³/mol. The maximum atomic E-state index is 10.9. The Labute approximate surface area is 78.1 Å². The Morgan fingerprint density at radius 3 is 2.54 bits per heavy atom. The van der Waals surface area contributed by atoms with Gasteiger partial charge in [-0.3, -0.25) is 9.59 Å². The summed E-state index contributed by atoms with van der Waals surface area (Å²) in [6.07, 6.45) is 3.80. The summed E-state index contributed by atoms with van der Waals surface area (Å²) in [5, 5.41) is 8.70. The highest BCUT2D eigenvalue weighted by atomic mass is 16.4. The van der Waals surface area contributed by atoms with Crippen LogP contribution in [-0.4, -0.2) is 16.9 Å². The first-order valence-corrected chi connectivity index (χ1v) is 4.84. The second kappa shape index (κ2) is 4.40. The fourth-order valence-corrected chi connectivity index (χ4v) is 1.84. The van der Waals surface area contributed by atoms with Crippen molar-refractivity contribution >= 4 is 11.8 Å². The number of rotatable bonds is 3. The summed E-state index contributed by atoms with van der Waals surface area (Å²) in [5.41, 5.74) is 0. The molecular formula is C10H16O3. The second-order valence-corrected chi connectivity index (χ2v) is 3.96. The topological polar surface area (TPSA) is 54.4 Å². The highest BCUT2D eigenvalue weighted by Crippen LogP contribution is 2.27. The molecule has 0 aromatic rings. The quantitative estimate of drug-likeness (QED) is 0.728. The summed E-state index contributed by atoms with van der Waals surface area (Å²) >= 11 is 0. The number of carbonyl (C=O) groups excluding carboxylic acids is 1. The molecule has 1 atom stereocenters. The van der Waals surface area contributed by atoms with E-state index in [1.807, 2.05) is 0 Å². The number of Topliss-reactive ketones (excluding diaryl/α,β-unsaturated/α-hetero) is 1. The summed E-state index contributed by atoms with van der Waals surface area (Å²) in [6, 6.07) is 0. The van der Waals surface area contributed by atoms with Gasteiger partial charge in [-0.1, -0.05) is 6.92 Å². The van der Waals surface area contributed by atoms with Gasteiger partial charge in [-0.15, -0.1) is 0 Å². The van der Waals surface area contributed by atoms with Crippen LogP contribution in [0.25, 0.3) is 0 Å². The minimum atomic E-state index is -0.725. The van der Waals surface area contributed by atoms with Crippen molar-refractivity contribution in [3.05, 3.63) is 0 Å². The number of hydrogen-bond acceptors (Lipinski definition) is 2. The molecule has 1 aliphatic rings. The smallest absolute Gasteiger partial charge is 0.306 e. The van der Waals surface area contributed by atoms with Crippen molar-refractivity contribution in [2.45, 2.75) is 39.0 Å². The van der Waals surface area contributed by atoms with E-state index >= 15 is 0 Å². The Morgan fingerprint density at radius 2 is 2.08 bits per heavy atom. The Hall–Kier alpha value is -0.860. The molecule has 1 aliphatic carbocycles. The zero-order valence-electron chi connectivity index (χ0n) is 7.95. The Kier molecular flexibility index (Phi) is 3.46. The fraction of sp³-hybridized carbons (Fsp3) is 0.800. The second-order valence-electron chi connectivity index (χ2n) is 3.96. The molecule has 1 unspecified atom stereocenters. The molecule has 1 rings (SSSR count). The van der Waals surface area contributed by atoms with Crippen molar-refractivity contribution < 1.29 is 14.7 Å². The molecule has 0 spiro atoms. The van der Waals surface area contributed by atoms with Crippen LogP contribution < -0.4 is 0 Å². The van der Waals surface area contributed by atoms with Crippen LogP contribution in [0.3, 0.4) is 0 Å². The number of carbonyl (C=O) groups is 2. The minimum absolute atomic E-state index is 0.266. The summed E-state index contributed by atoms with van der Waals surface area (Å²) in [6.45, 7) is 1.73. The first kappa shape index (κ1) is 10.2. The highest BCUT2D eigenvalue weighted by molar-refractivity contribution is 5.79. The third kappa shape index (κ3) is 3.17. The SMILES string of the molecule is CC(CC1CCC(=O)CC1)C(=O)O. The lowest BCUT2D eigenvalue weighted by Gasteiger charge is -2.22. The van der Waals surface area contributed by atoms with Crippen molar-refractivity contribution in [2.75, 3.05) is 0 Å². The summed E-state index contributed by atoms with van der Waals surface area (Å²) < 4.78 is 0. The maximum absolute atomic E-state index is 10.9. The lowest BCUT2D eigenvalue weighted by atomic mass is 9.83. The molecule has 0 radical (unpaired) electrons. The molecule has 0 saturated heterocycles. The van der Waals surface area contributed by atoms with Gasteiger partial charge in [0.1, 0.15) is 5.78 Å². The molecule has 1 N–H and O–H groups in total. The molecule has 0 amide bonds. The van der Waals surface area contributed by atoms with E-state index in [4.69, 9.17) is 5.11 Å². The van der Waals surface area contributed by atoms with E-state index in [1.165, 1.54) is 0 Å². The van der Waals surface area contributed by atoms with Gasteiger partial charge in [0, 0.05) is 12.8 Å². The van der Waals surface area contributed by atoms with Crippen LogP contribution in [0.2, 0.25) is 0 Å². The van der Waals surface area contributed by atoms with Crippen LogP contribution >= 0.6 is 0 Å². The molecule has 0 aromatic carbocycles. The molecule has 0 aromatic heterocycles. The van der Waals surface area contributed by atoms with E-state index in [2.05, 4.69) is 0 Å². The van der Waals surface area contributed by atoms with E-state index in [0.717, 1.165) is 19.3 Å². The van der Waals surface area contributed by atoms with Crippen LogP contribution in [0, 0.1) is 11.8 Å². The van der Waals surface area contributed by atoms with Gasteiger partial charge in [-0.25, -0.2) is 0 Å². The number of aliphatic carboxylic acids is 1. The first-order chi connectivity index (χ1) is 6.09. The van der Waals surface area contributed by atoms with Crippen molar-refractivity contribution in [3.8, 4) is 0 Å². The standard InChI is InChI=1S/C10H16O3/c1-7(10(12)13)6-8-2-4-9(11)5-3-8/h7-8H,2-6H2,1H3,(H,12,13). The van der Waals surface area contributed by atoms with E-state index in [-0.39, 0.29) is 5.92 Å². The van der Waals surface area contributed by atoms with Crippen LogP contribution in [-0.2, 0) is 9.59 Å². The molecule has 3 heteroatoms. The average Bonchev–Trinajstić information content (AvgIpc) is 2.08. The third-order valence-electron chi connectivity index (χ3n) is 2.77. The number of carboxylic acid groups (broad SMARTS) is 1. The van der Waals surface area contributed by atoms with Gasteiger partial charge < -0.3 is 5.11 Å². The predicted octanol–water partition coefficient (Wildman–Crippen LogP) is 1.86. The van der Waals surface area contributed by atoms with Crippen LogP contribution in [0.5, 0.6) is 0 Å². The maximum Gasteiger partial charge on any atom is 0.306 e. The van der Waals surface area contributed by atoms with Gasteiger partial charge in [0.15, 0.2) is 0 Å². The van der Waals surface area contributed by atoms with Crippen LogP contribution in [0.4, 0.5) is 0 Å². The van der Waals surface area contributed by atoms with Gasteiger partial charge in [0.25, 0.3) is 0 Å². The number of ketones is 1. The number of hydrogen-bond donors (Lipinski definition) is 1. The third-order valence-corrected chi connectivity index (χ3v) is 2.77. The Balaban J connectivity index is 2.30. The van der Waals surface area contributed by atoms with Gasteiger partial charge in [-0.2, -0.15) is 0 Å². The van der Waals surface area contributed by atoms with E-state index < -0.39 is 5.97 Å². The lowest BCUT2D eigenvalue weighted by Crippen LogP contribution is -2.19. The fourth-order valence-electron chi connectivity index (χ4n) is 1.84. The van der Waals surface area contributed by atoms with E-state index in [1.54, 1.807) is 6.92 Å². The minimum Gasteiger partial charge on any atom is -0.481 e. The van der Waals surface area contributed by atoms with Crippen LogP contribution in [0.1, 0.15) is 39.0 Å². The number of carboxylic acids is 1. The zero-order chi connectivity index (χ0) is 9.84. The van der Waals surface area contributed by atoms with Crippen molar-refractivity contribution in [1.29, 1.82) is 0 Å². The molecule has 0 heterocycles. The van der Waals surface area contributed by atoms with Gasteiger partial charge >= 0.3 is 5.97 Å². The molecule has 1 saturated carbocycles. The molecule has 0 bridgehead atoms. The lowest BCUT2D eigenvalue weighted by molar-refractivity contribution is -0.141. The molecule has 3 nitrogen and oxygen atoms in total. The Bertz CT molecular complexity index is 200. The van der Waals surface area contributed by atoms with E-state index in [0.29, 0.717) is 24.5 Å². The largest absolute Gasteiger partial charge is 0.481 e. The van der Waals surface area contributed by atoms with E-state index in [9.17, 15) is 9.59 Å². The summed E-state index contributed by atoms with van der Waals surface area (Å²) in [7, 11) is 0. The highest BCUT2D eigenvalue weighted by Gasteiger charge is 2.22. The zero-order valence-corrected chi connectivity index (χ0v) is 7.95. The summed E-state index contributed by atoms with van der Waals surface area (Å²) in [5.74, 6) is -0.210. The molecule has 74 valence electrons. The average molecular weight is 184 g/mol.